The monoisotopic (exact) mass is 1230 g/mol. The van der Waals surface area contributed by atoms with Gasteiger partial charge in [0.25, 0.3) is 0 Å². The van der Waals surface area contributed by atoms with E-state index in [4.69, 9.17) is 14.2 Å². The molecule has 1 heterocycles. The lowest BCUT2D eigenvalue weighted by Crippen LogP contribution is -2.61. The maximum atomic E-state index is 13.5. The van der Waals surface area contributed by atoms with Gasteiger partial charge in [-0.1, -0.05) is 353 Å². The molecule has 1 aliphatic heterocycles. The molecule has 0 aromatic rings. The molecule has 0 saturated carbocycles. The summed E-state index contributed by atoms with van der Waals surface area (Å²) in [6, 6.07) is -1.02. The first-order valence-electron chi connectivity index (χ1n) is 38.1. The zero-order valence-corrected chi connectivity index (χ0v) is 57.4. The van der Waals surface area contributed by atoms with E-state index in [1.807, 2.05) is 6.08 Å². The number of esters is 1. The number of amides is 1. The molecule has 0 aliphatic carbocycles. The summed E-state index contributed by atoms with van der Waals surface area (Å²) in [5.74, 6) is -1.17. The smallest absolute Gasteiger partial charge is 0.306 e. The Balaban J connectivity index is 2.49. The van der Waals surface area contributed by atoms with Crippen molar-refractivity contribution < 1.29 is 49.3 Å². The van der Waals surface area contributed by atoms with Crippen LogP contribution < -0.4 is 5.32 Å². The molecule has 6 N–H and O–H groups in total. The average molecular weight is 1230 g/mol. The minimum Gasteiger partial charge on any atom is -0.454 e. The normalized spacial score (nSPS) is 18.3. The van der Waals surface area contributed by atoms with E-state index in [1.165, 1.54) is 283 Å². The van der Waals surface area contributed by atoms with Crippen LogP contribution in [0, 0.1) is 0 Å². The number of unbranched alkanes of at least 4 members (excludes halogenated alkanes) is 51. The van der Waals surface area contributed by atoms with E-state index in [-0.39, 0.29) is 13.0 Å². The van der Waals surface area contributed by atoms with Crippen LogP contribution >= 0.6 is 0 Å². The second kappa shape index (κ2) is 64.3. The van der Waals surface area contributed by atoms with Crippen molar-refractivity contribution in [1.29, 1.82) is 0 Å². The fraction of sp³-hybridized carbons (Fsp3) is 0.921. The molecule has 0 spiro atoms. The first-order valence-corrected chi connectivity index (χ1v) is 38.1. The fourth-order valence-electron chi connectivity index (χ4n) is 12.4. The van der Waals surface area contributed by atoms with Crippen LogP contribution in [0.2, 0.25) is 0 Å². The van der Waals surface area contributed by atoms with Gasteiger partial charge in [-0.2, -0.15) is 0 Å². The second-order valence-electron chi connectivity index (χ2n) is 26.7. The summed E-state index contributed by atoms with van der Waals surface area (Å²) in [5, 5.41) is 57.3. The van der Waals surface area contributed by atoms with E-state index in [9.17, 15) is 35.1 Å². The number of carbonyl (C=O) groups excluding carboxylic acids is 2. The topological polar surface area (TPSA) is 175 Å². The van der Waals surface area contributed by atoms with Gasteiger partial charge in [-0.05, 0) is 51.4 Å². The highest BCUT2D eigenvalue weighted by atomic mass is 16.7. The summed E-state index contributed by atoms with van der Waals surface area (Å²) in [4.78, 5) is 26.7. The highest BCUT2D eigenvalue weighted by Crippen LogP contribution is 2.27. The summed E-state index contributed by atoms with van der Waals surface area (Å²) < 4.78 is 17.7. The van der Waals surface area contributed by atoms with Crippen molar-refractivity contribution in [2.75, 3.05) is 13.2 Å². The minimum atomic E-state index is -1.61. The Hall–Kier alpha value is -1.86. The van der Waals surface area contributed by atoms with Gasteiger partial charge in [0.05, 0.1) is 25.4 Å². The molecule has 1 fully saturated rings. The highest BCUT2D eigenvalue weighted by Gasteiger charge is 2.47. The Morgan fingerprint density at radius 3 is 1.11 bits per heavy atom. The number of aliphatic hydroxyl groups is 5. The molecule has 1 rings (SSSR count). The van der Waals surface area contributed by atoms with E-state index in [1.54, 1.807) is 6.08 Å². The zero-order valence-electron chi connectivity index (χ0n) is 57.4. The number of ether oxygens (including phenoxy) is 3. The van der Waals surface area contributed by atoms with Crippen molar-refractivity contribution in [3.63, 3.8) is 0 Å². The Morgan fingerprint density at radius 2 is 0.759 bits per heavy atom. The molecule has 8 atom stereocenters. The lowest BCUT2D eigenvalue weighted by Gasteiger charge is -2.41. The number of carbonyl (C=O) groups is 2. The van der Waals surface area contributed by atoms with E-state index in [0.717, 1.165) is 57.8 Å². The Labute approximate surface area is 537 Å². The van der Waals surface area contributed by atoms with Gasteiger partial charge in [-0.25, -0.2) is 0 Å². The van der Waals surface area contributed by atoms with Crippen molar-refractivity contribution in [2.45, 2.75) is 436 Å². The number of hydrogen-bond acceptors (Lipinski definition) is 10. The van der Waals surface area contributed by atoms with Crippen LogP contribution in [0.5, 0.6) is 0 Å². The number of allylic oxidation sites excluding steroid dienone is 3. The molecule has 1 amide bonds. The third-order valence-corrected chi connectivity index (χ3v) is 18.4. The van der Waals surface area contributed by atoms with Crippen LogP contribution in [0.3, 0.4) is 0 Å². The summed E-state index contributed by atoms with van der Waals surface area (Å²) in [6.45, 7) is 5.85. The Bertz CT molecular complexity index is 1510. The van der Waals surface area contributed by atoms with Gasteiger partial charge in [0.15, 0.2) is 12.4 Å². The summed E-state index contributed by atoms with van der Waals surface area (Å²) >= 11 is 0. The SMILES string of the molecule is CCCCCCCC/C=C/CCCCCCCCCCCCCCCCCCC(O)C(=O)NC(COC1OC(CO)C(O)C(O)C1OC(=O)CCCCCCCCCCCCCCCCCCCCCCC)C(O)/C=C/CCCCCCCCCCC. The average Bonchev–Trinajstić information content (AvgIpc) is 1.30. The first-order chi connectivity index (χ1) is 42.7. The lowest BCUT2D eigenvalue weighted by molar-refractivity contribution is -0.305. The van der Waals surface area contributed by atoms with Gasteiger partial charge in [0.2, 0.25) is 5.91 Å². The molecule has 0 bridgehead atoms. The number of hydrogen-bond donors (Lipinski definition) is 6. The number of rotatable bonds is 67. The Kier molecular flexibility index (Phi) is 61.4. The number of nitrogens with one attached hydrogen (secondary N) is 1. The molecule has 0 aromatic carbocycles. The van der Waals surface area contributed by atoms with E-state index < -0.39 is 67.4 Å². The van der Waals surface area contributed by atoms with E-state index >= 15 is 0 Å². The first kappa shape index (κ1) is 83.2. The van der Waals surface area contributed by atoms with Crippen LogP contribution in [0.4, 0.5) is 0 Å². The molecule has 11 nitrogen and oxygen atoms in total. The molecule has 514 valence electrons. The van der Waals surface area contributed by atoms with Gasteiger partial charge in [0.1, 0.15) is 24.4 Å². The molecule has 87 heavy (non-hydrogen) atoms. The van der Waals surface area contributed by atoms with Crippen molar-refractivity contribution >= 4 is 11.9 Å². The molecule has 1 saturated heterocycles. The van der Waals surface area contributed by atoms with Crippen molar-refractivity contribution in [3.8, 4) is 0 Å². The highest BCUT2D eigenvalue weighted by molar-refractivity contribution is 5.80. The predicted octanol–water partition coefficient (Wildman–Crippen LogP) is 20.0. The Morgan fingerprint density at radius 1 is 0.437 bits per heavy atom. The molecule has 0 radical (unpaired) electrons. The minimum absolute atomic E-state index is 0.131. The van der Waals surface area contributed by atoms with Gasteiger partial charge < -0.3 is 45.1 Å². The molecular weight excluding hydrogens is 1090 g/mol. The van der Waals surface area contributed by atoms with Crippen LogP contribution in [0.15, 0.2) is 24.3 Å². The largest absolute Gasteiger partial charge is 0.454 e. The molecule has 8 unspecified atom stereocenters. The molecular formula is C76H145NO10. The van der Waals surface area contributed by atoms with Gasteiger partial charge in [-0.3, -0.25) is 9.59 Å². The van der Waals surface area contributed by atoms with Crippen molar-refractivity contribution in [2.24, 2.45) is 0 Å². The van der Waals surface area contributed by atoms with Crippen LogP contribution in [-0.2, 0) is 23.8 Å². The van der Waals surface area contributed by atoms with Crippen molar-refractivity contribution in [3.05, 3.63) is 24.3 Å². The second-order valence-corrected chi connectivity index (χ2v) is 26.7. The third kappa shape index (κ3) is 51.4. The number of aliphatic hydroxyl groups excluding tert-OH is 5. The van der Waals surface area contributed by atoms with E-state index in [2.05, 4.69) is 38.2 Å². The molecule has 1 aliphatic rings. The maximum absolute atomic E-state index is 13.5. The van der Waals surface area contributed by atoms with Crippen molar-refractivity contribution in [1.82, 2.24) is 5.32 Å². The molecule has 11 heteroatoms. The zero-order chi connectivity index (χ0) is 63.1. The summed E-state index contributed by atoms with van der Waals surface area (Å²) in [7, 11) is 0. The van der Waals surface area contributed by atoms with E-state index in [0.29, 0.717) is 19.3 Å². The van der Waals surface area contributed by atoms with Crippen LogP contribution in [0.25, 0.3) is 0 Å². The summed E-state index contributed by atoms with van der Waals surface area (Å²) in [6.07, 6.45) is 68.1. The lowest BCUT2D eigenvalue weighted by atomic mass is 9.99. The van der Waals surface area contributed by atoms with Gasteiger partial charge >= 0.3 is 5.97 Å². The fourth-order valence-corrected chi connectivity index (χ4v) is 12.4. The predicted molar refractivity (Wildman–Crippen MR) is 366 cm³/mol. The quantitative estimate of drug-likeness (QED) is 0.0195. The van der Waals surface area contributed by atoms with Crippen LogP contribution in [-0.4, -0.2) is 99.6 Å². The van der Waals surface area contributed by atoms with Gasteiger partial charge in [-0.15, -0.1) is 0 Å². The molecule has 0 aromatic heterocycles. The maximum Gasteiger partial charge on any atom is 0.306 e. The van der Waals surface area contributed by atoms with Gasteiger partial charge in [0, 0.05) is 6.42 Å². The third-order valence-electron chi connectivity index (χ3n) is 18.4. The standard InChI is InChI=1S/C76H145NO10/c1-4-7-10-13-16-19-22-24-26-28-30-32-33-34-35-36-38-39-41-43-45-48-51-54-57-60-63-69(80)75(84)77-67(68(79)62-59-56-53-50-47-21-18-15-12-9-6-3)66-85-76-74(73(83)72(82)70(65-78)86-76)87-71(81)64-61-58-55-52-49-46-44-42-40-37-31-29-27-25-23-20-17-14-11-8-5-2/h24,26,59,62,67-70,72-74,76,78-80,82-83H,4-23,25,27-58,60-61,63-66H2,1-3H3,(H,77,84)/b26-24+,62-59+. The summed E-state index contributed by atoms with van der Waals surface area (Å²) in [5.41, 5.74) is 0. The van der Waals surface area contributed by atoms with Crippen LogP contribution in [0.1, 0.15) is 387 Å².